The lowest BCUT2D eigenvalue weighted by Crippen LogP contribution is -2.40. The highest BCUT2D eigenvalue weighted by atomic mass is 32.2. The molecule has 2 aromatic carbocycles. The molecule has 122 valence electrons. The number of amides is 1. The van der Waals surface area contributed by atoms with Gasteiger partial charge >= 0.3 is 0 Å². The van der Waals surface area contributed by atoms with Crippen LogP contribution in [0.1, 0.15) is 19.4 Å². The molecule has 2 rings (SSSR count). The molecule has 0 aliphatic heterocycles. The second-order valence-electron chi connectivity index (χ2n) is 5.56. The number of carbonyl (C=O) groups excluding carboxylic acids is 1. The van der Waals surface area contributed by atoms with E-state index in [1.54, 1.807) is 11.8 Å². The molecule has 3 nitrogen and oxygen atoms in total. The van der Waals surface area contributed by atoms with Gasteiger partial charge in [-0.3, -0.25) is 4.79 Å². The van der Waals surface area contributed by atoms with Gasteiger partial charge in [0.05, 0.1) is 11.3 Å². The number of rotatable bonds is 7. The smallest absolute Gasteiger partial charge is 0.233 e. The third-order valence-electron chi connectivity index (χ3n) is 3.40. The first-order valence-electron chi connectivity index (χ1n) is 7.77. The van der Waals surface area contributed by atoms with Crippen molar-refractivity contribution in [3.8, 4) is 5.75 Å². The number of thioether (sulfide) groups is 1. The van der Waals surface area contributed by atoms with Crippen LogP contribution in [0, 0.1) is 6.92 Å². The lowest BCUT2D eigenvalue weighted by molar-refractivity contribution is -0.121. The fourth-order valence-electron chi connectivity index (χ4n) is 2.09. The number of nitrogens with one attached hydrogen (secondary N) is 1. The van der Waals surface area contributed by atoms with Crippen molar-refractivity contribution in [3.05, 3.63) is 60.2 Å². The maximum absolute atomic E-state index is 12.2. The second-order valence-corrected chi connectivity index (χ2v) is 6.97. The summed E-state index contributed by atoms with van der Waals surface area (Å²) in [5, 5.41) is 2.86. The van der Waals surface area contributed by atoms with Crippen LogP contribution in [0.15, 0.2) is 59.5 Å². The molecule has 0 saturated carbocycles. The second kappa shape index (κ2) is 8.63. The molecule has 0 spiro atoms. The summed E-state index contributed by atoms with van der Waals surface area (Å²) in [7, 11) is 0. The van der Waals surface area contributed by atoms with Crippen molar-refractivity contribution in [2.24, 2.45) is 0 Å². The number of aryl methyl sites for hydroxylation is 1. The van der Waals surface area contributed by atoms with Crippen molar-refractivity contribution in [1.82, 2.24) is 5.32 Å². The van der Waals surface area contributed by atoms with Gasteiger partial charge in [0.2, 0.25) is 5.91 Å². The monoisotopic (exact) mass is 329 g/mol. The number of hydrogen-bond acceptors (Lipinski definition) is 3. The summed E-state index contributed by atoms with van der Waals surface area (Å²) < 4.78 is 5.78. The molecular formula is C19H23NO2S. The van der Waals surface area contributed by atoms with Crippen molar-refractivity contribution in [1.29, 1.82) is 0 Å². The van der Waals surface area contributed by atoms with Gasteiger partial charge in [-0.05, 0) is 44.5 Å². The molecular weight excluding hydrogens is 306 g/mol. The number of ether oxygens (including phenoxy) is 1. The molecule has 2 aromatic rings. The van der Waals surface area contributed by atoms with Gasteiger partial charge in [0.1, 0.15) is 12.4 Å². The van der Waals surface area contributed by atoms with Crippen LogP contribution in [0.2, 0.25) is 0 Å². The van der Waals surface area contributed by atoms with E-state index in [0.29, 0.717) is 6.61 Å². The van der Waals surface area contributed by atoms with Crippen LogP contribution in [0.4, 0.5) is 0 Å². The van der Waals surface area contributed by atoms with Gasteiger partial charge in [0, 0.05) is 4.90 Å². The zero-order chi connectivity index (χ0) is 16.7. The molecule has 0 unspecified atom stereocenters. The molecule has 0 aliphatic carbocycles. The van der Waals surface area contributed by atoms with E-state index >= 15 is 0 Å². The van der Waals surface area contributed by atoms with Crippen molar-refractivity contribution in [3.63, 3.8) is 0 Å². The zero-order valence-electron chi connectivity index (χ0n) is 13.8. The van der Waals surface area contributed by atoms with E-state index in [9.17, 15) is 4.79 Å². The number of para-hydroxylation sites is 1. The molecule has 1 N–H and O–H groups in total. The summed E-state index contributed by atoms with van der Waals surface area (Å²) in [6.07, 6.45) is 0. The minimum atomic E-state index is -0.140. The normalized spacial score (nSPS) is 13.2. The summed E-state index contributed by atoms with van der Waals surface area (Å²) in [6.45, 7) is 6.34. The van der Waals surface area contributed by atoms with Gasteiger partial charge in [-0.15, -0.1) is 11.8 Å². The Morgan fingerprint density at radius 1 is 1.09 bits per heavy atom. The van der Waals surface area contributed by atoms with E-state index in [4.69, 9.17) is 4.74 Å². The predicted molar refractivity (Wildman–Crippen MR) is 96.0 cm³/mol. The summed E-state index contributed by atoms with van der Waals surface area (Å²) in [6, 6.07) is 17.8. The summed E-state index contributed by atoms with van der Waals surface area (Å²) in [5.74, 6) is 0.889. The Bertz CT molecular complexity index is 630. The first-order chi connectivity index (χ1) is 11.1. The Kier molecular flexibility index (Phi) is 6.53. The summed E-state index contributed by atoms with van der Waals surface area (Å²) >= 11 is 1.56. The fraction of sp³-hybridized carbons (Fsp3) is 0.316. The molecule has 0 bridgehead atoms. The molecule has 0 saturated heterocycles. The van der Waals surface area contributed by atoms with E-state index in [1.165, 1.54) is 0 Å². The molecule has 0 fully saturated rings. The van der Waals surface area contributed by atoms with Gasteiger partial charge in [0.15, 0.2) is 0 Å². The lowest BCUT2D eigenvalue weighted by Gasteiger charge is -2.18. The lowest BCUT2D eigenvalue weighted by atomic mass is 10.2. The zero-order valence-corrected chi connectivity index (χ0v) is 14.6. The third-order valence-corrected chi connectivity index (χ3v) is 4.51. The standard InChI is InChI=1S/C19H23NO2S/c1-14-9-7-8-12-18(14)22-13-15(2)20-19(21)16(3)23-17-10-5-4-6-11-17/h4-12,15-16H,13H2,1-3H3,(H,20,21)/t15-,16+/m1/s1. The van der Waals surface area contributed by atoms with Crippen LogP contribution in [-0.2, 0) is 4.79 Å². The number of benzene rings is 2. The molecule has 4 heteroatoms. The van der Waals surface area contributed by atoms with E-state index in [-0.39, 0.29) is 17.2 Å². The Labute approximate surface area is 142 Å². The summed E-state index contributed by atoms with van der Waals surface area (Å²) in [5.41, 5.74) is 1.10. The van der Waals surface area contributed by atoms with Crippen LogP contribution in [0.25, 0.3) is 0 Å². The Morgan fingerprint density at radius 2 is 1.74 bits per heavy atom. The quantitative estimate of drug-likeness (QED) is 0.779. The van der Waals surface area contributed by atoms with Gasteiger partial charge < -0.3 is 10.1 Å². The summed E-state index contributed by atoms with van der Waals surface area (Å²) in [4.78, 5) is 13.3. The van der Waals surface area contributed by atoms with Crippen LogP contribution in [0.5, 0.6) is 5.75 Å². The first kappa shape index (κ1) is 17.4. The molecule has 1 amide bonds. The van der Waals surface area contributed by atoms with Crippen LogP contribution in [0.3, 0.4) is 0 Å². The van der Waals surface area contributed by atoms with Gasteiger partial charge in [-0.2, -0.15) is 0 Å². The van der Waals surface area contributed by atoms with Crippen molar-refractivity contribution < 1.29 is 9.53 Å². The molecule has 2 atom stereocenters. The topological polar surface area (TPSA) is 38.3 Å². The minimum Gasteiger partial charge on any atom is -0.491 e. The molecule has 0 radical (unpaired) electrons. The van der Waals surface area contributed by atoms with Gasteiger partial charge in [0.25, 0.3) is 0 Å². The van der Waals surface area contributed by atoms with E-state index in [2.05, 4.69) is 5.32 Å². The highest BCUT2D eigenvalue weighted by Crippen LogP contribution is 2.22. The molecule has 0 heterocycles. The minimum absolute atomic E-state index is 0.0275. The Balaban J connectivity index is 1.79. The third kappa shape index (κ3) is 5.64. The maximum atomic E-state index is 12.2. The first-order valence-corrected chi connectivity index (χ1v) is 8.64. The van der Waals surface area contributed by atoms with Crippen LogP contribution in [-0.4, -0.2) is 23.8 Å². The highest BCUT2D eigenvalue weighted by Gasteiger charge is 2.16. The van der Waals surface area contributed by atoms with Crippen molar-refractivity contribution in [2.75, 3.05) is 6.61 Å². The van der Waals surface area contributed by atoms with E-state index in [0.717, 1.165) is 16.2 Å². The number of hydrogen-bond donors (Lipinski definition) is 1. The Hall–Kier alpha value is -1.94. The molecule has 0 aromatic heterocycles. The Morgan fingerprint density at radius 3 is 2.43 bits per heavy atom. The van der Waals surface area contributed by atoms with Gasteiger partial charge in [-0.1, -0.05) is 36.4 Å². The fourth-order valence-corrected chi connectivity index (χ4v) is 2.99. The van der Waals surface area contributed by atoms with Crippen LogP contribution < -0.4 is 10.1 Å². The largest absolute Gasteiger partial charge is 0.491 e. The predicted octanol–water partition coefficient (Wildman–Crippen LogP) is 4.06. The van der Waals surface area contributed by atoms with Crippen LogP contribution >= 0.6 is 11.8 Å². The SMILES string of the molecule is Cc1ccccc1OC[C@@H](C)NC(=O)[C@H](C)Sc1ccccc1. The van der Waals surface area contributed by atoms with Gasteiger partial charge in [-0.25, -0.2) is 0 Å². The molecule has 23 heavy (non-hydrogen) atoms. The van der Waals surface area contributed by atoms with Crippen molar-refractivity contribution in [2.45, 2.75) is 37.0 Å². The van der Waals surface area contributed by atoms with E-state index in [1.807, 2.05) is 75.4 Å². The highest BCUT2D eigenvalue weighted by molar-refractivity contribution is 8.00. The maximum Gasteiger partial charge on any atom is 0.233 e. The van der Waals surface area contributed by atoms with E-state index < -0.39 is 0 Å². The average Bonchev–Trinajstić information content (AvgIpc) is 2.55. The average molecular weight is 329 g/mol. The number of carbonyl (C=O) groups is 1. The molecule has 0 aliphatic rings. The van der Waals surface area contributed by atoms with Crippen molar-refractivity contribution >= 4 is 17.7 Å².